The lowest BCUT2D eigenvalue weighted by Crippen LogP contribution is -2.19. The predicted octanol–water partition coefficient (Wildman–Crippen LogP) is 4.38. The Morgan fingerprint density at radius 3 is 2.56 bits per heavy atom. The van der Waals surface area contributed by atoms with Crippen molar-refractivity contribution in [3.05, 3.63) is 82.0 Å². The normalized spacial score (nSPS) is 11.1. The van der Waals surface area contributed by atoms with Crippen molar-refractivity contribution in [3.8, 4) is 22.7 Å². The van der Waals surface area contributed by atoms with E-state index in [2.05, 4.69) is 24.0 Å². The first-order valence-corrected chi connectivity index (χ1v) is 9.02. The molecule has 5 nitrogen and oxygen atoms in total. The SMILES string of the molecule is CCc1ccc(-c2cn3ccn(-c4ccc(OC)c(Cl)c4)c(=O)c3n2)cc1. The van der Waals surface area contributed by atoms with E-state index >= 15 is 0 Å². The van der Waals surface area contributed by atoms with Gasteiger partial charge < -0.3 is 9.14 Å². The van der Waals surface area contributed by atoms with Crippen molar-refractivity contribution in [3.63, 3.8) is 0 Å². The van der Waals surface area contributed by atoms with Gasteiger partial charge in [0.1, 0.15) is 5.75 Å². The van der Waals surface area contributed by atoms with Gasteiger partial charge in [0.25, 0.3) is 5.56 Å². The number of methoxy groups -OCH3 is 1. The maximum Gasteiger partial charge on any atom is 0.298 e. The Labute approximate surface area is 161 Å². The maximum absolute atomic E-state index is 12.9. The molecule has 0 spiro atoms. The number of imidazole rings is 1. The number of hydrogen-bond donors (Lipinski definition) is 0. The highest BCUT2D eigenvalue weighted by atomic mass is 35.5. The Hall–Kier alpha value is -3.05. The molecule has 0 aliphatic heterocycles. The van der Waals surface area contributed by atoms with Crippen LogP contribution in [0.4, 0.5) is 0 Å². The fourth-order valence-electron chi connectivity index (χ4n) is 3.04. The average Bonchev–Trinajstić information content (AvgIpc) is 3.13. The summed E-state index contributed by atoms with van der Waals surface area (Å²) in [6.45, 7) is 2.12. The molecule has 0 bridgehead atoms. The van der Waals surface area contributed by atoms with E-state index in [1.54, 1.807) is 35.9 Å². The van der Waals surface area contributed by atoms with Gasteiger partial charge in [0.15, 0.2) is 0 Å². The van der Waals surface area contributed by atoms with E-state index in [1.807, 2.05) is 24.5 Å². The molecular weight excluding hydrogens is 362 g/mol. The van der Waals surface area contributed by atoms with Crippen LogP contribution in [-0.2, 0) is 6.42 Å². The Kier molecular flexibility index (Phi) is 4.46. The molecule has 0 saturated carbocycles. The predicted molar refractivity (Wildman–Crippen MR) is 107 cm³/mol. The zero-order valence-electron chi connectivity index (χ0n) is 15.0. The molecule has 0 fully saturated rings. The number of fused-ring (bicyclic) bond motifs is 1. The fraction of sp³-hybridized carbons (Fsp3) is 0.143. The lowest BCUT2D eigenvalue weighted by atomic mass is 10.1. The molecule has 6 heteroatoms. The average molecular weight is 380 g/mol. The second kappa shape index (κ2) is 6.93. The lowest BCUT2D eigenvalue weighted by molar-refractivity contribution is 0.415. The van der Waals surface area contributed by atoms with Crippen LogP contribution in [0.3, 0.4) is 0 Å². The number of aryl methyl sites for hydroxylation is 1. The minimum Gasteiger partial charge on any atom is -0.495 e. The summed E-state index contributed by atoms with van der Waals surface area (Å²) in [6, 6.07) is 13.4. The van der Waals surface area contributed by atoms with Gasteiger partial charge >= 0.3 is 0 Å². The van der Waals surface area contributed by atoms with E-state index in [0.29, 0.717) is 22.1 Å². The summed E-state index contributed by atoms with van der Waals surface area (Å²) in [5.74, 6) is 0.563. The molecule has 0 aliphatic carbocycles. The van der Waals surface area contributed by atoms with E-state index in [0.717, 1.165) is 17.7 Å². The molecule has 27 heavy (non-hydrogen) atoms. The van der Waals surface area contributed by atoms with E-state index < -0.39 is 0 Å². The number of nitrogens with zero attached hydrogens (tertiary/aromatic N) is 3. The number of benzene rings is 2. The molecular formula is C21H18ClN3O2. The first kappa shape index (κ1) is 17.4. The third kappa shape index (κ3) is 3.11. The summed E-state index contributed by atoms with van der Waals surface area (Å²) in [7, 11) is 1.55. The molecule has 0 N–H and O–H groups in total. The summed E-state index contributed by atoms with van der Waals surface area (Å²) >= 11 is 6.20. The molecule has 2 heterocycles. The molecule has 4 aromatic rings. The first-order chi connectivity index (χ1) is 13.1. The molecule has 0 radical (unpaired) electrons. The van der Waals surface area contributed by atoms with Crippen LogP contribution in [0.25, 0.3) is 22.6 Å². The Bertz CT molecular complexity index is 1180. The second-order valence-corrected chi connectivity index (χ2v) is 6.61. The molecule has 4 rings (SSSR count). The fourth-order valence-corrected chi connectivity index (χ4v) is 3.29. The smallest absolute Gasteiger partial charge is 0.298 e. The largest absolute Gasteiger partial charge is 0.495 e. The minimum absolute atomic E-state index is 0.213. The Morgan fingerprint density at radius 1 is 1.11 bits per heavy atom. The van der Waals surface area contributed by atoms with Crippen molar-refractivity contribution >= 4 is 17.2 Å². The molecule has 136 valence electrons. The zero-order valence-corrected chi connectivity index (χ0v) is 15.8. The maximum atomic E-state index is 12.9. The summed E-state index contributed by atoms with van der Waals surface area (Å²) in [4.78, 5) is 17.5. The van der Waals surface area contributed by atoms with Gasteiger partial charge in [-0.2, -0.15) is 0 Å². The molecule has 0 amide bonds. The minimum atomic E-state index is -0.213. The van der Waals surface area contributed by atoms with Crippen LogP contribution in [-0.4, -0.2) is 21.1 Å². The Balaban J connectivity index is 1.80. The topological polar surface area (TPSA) is 48.5 Å². The first-order valence-electron chi connectivity index (χ1n) is 8.64. The number of hydrogen-bond acceptors (Lipinski definition) is 3. The number of rotatable bonds is 4. The van der Waals surface area contributed by atoms with Crippen molar-refractivity contribution in [2.24, 2.45) is 0 Å². The summed E-state index contributed by atoms with van der Waals surface area (Å²) in [6.07, 6.45) is 6.37. The molecule has 0 aliphatic rings. The van der Waals surface area contributed by atoms with E-state index in [9.17, 15) is 4.79 Å². The van der Waals surface area contributed by atoms with E-state index in [1.165, 1.54) is 10.1 Å². The highest BCUT2D eigenvalue weighted by molar-refractivity contribution is 6.32. The lowest BCUT2D eigenvalue weighted by Gasteiger charge is -2.08. The van der Waals surface area contributed by atoms with Gasteiger partial charge in [-0.15, -0.1) is 0 Å². The van der Waals surface area contributed by atoms with E-state index in [-0.39, 0.29) is 5.56 Å². The van der Waals surface area contributed by atoms with Crippen molar-refractivity contribution in [1.82, 2.24) is 14.0 Å². The van der Waals surface area contributed by atoms with Crippen LogP contribution in [0, 0.1) is 0 Å². The summed E-state index contributed by atoms with van der Waals surface area (Å²) < 4.78 is 8.44. The van der Waals surface area contributed by atoms with Gasteiger partial charge in [-0.3, -0.25) is 9.36 Å². The van der Waals surface area contributed by atoms with Crippen molar-refractivity contribution in [2.45, 2.75) is 13.3 Å². The zero-order chi connectivity index (χ0) is 19.0. The number of halogens is 1. The van der Waals surface area contributed by atoms with Gasteiger partial charge in [-0.05, 0) is 30.2 Å². The molecule has 2 aromatic heterocycles. The van der Waals surface area contributed by atoms with Crippen LogP contribution in [0.15, 0.2) is 65.8 Å². The monoisotopic (exact) mass is 379 g/mol. The van der Waals surface area contributed by atoms with Crippen LogP contribution in [0.1, 0.15) is 12.5 Å². The van der Waals surface area contributed by atoms with Gasteiger partial charge in [-0.25, -0.2) is 4.98 Å². The van der Waals surface area contributed by atoms with Crippen LogP contribution < -0.4 is 10.3 Å². The third-order valence-corrected chi connectivity index (χ3v) is 4.89. The third-order valence-electron chi connectivity index (χ3n) is 4.59. The highest BCUT2D eigenvalue weighted by Crippen LogP contribution is 2.26. The van der Waals surface area contributed by atoms with Gasteiger partial charge in [0.05, 0.1) is 23.5 Å². The summed E-state index contributed by atoms with van der Waals surface area (Å²) in [5.41, 5.74) is 3.81. The van der Waals surface area contributed by atoms with Gasteiger partial charge in [0, 0.05) is 24.2 Å². The Morgan fingerprint density at radius 2 is 1.89 bits per heavy atom. The van der Waals surface area contributed by atoms with Crippen molar-refractivity contribution < 1.29 is 4.74 Å². The molecule has 0 atom stereocenters. The van der Waals surface area contributed by atoms with Gasteiger partial charge in [-0.1, -0.05) is 42.8 Å². The molecule has 2 aromatic carbocycles. The number of aromatic nitrogens is 3. The number of ether oxygens (including phenoxy) is 1. The van der Waals surface area contributed by atoms with E-state index in [4.69, 9.17) is 16.3 Å². The highest BCUT2D eigenvalue weighted by Gasteiger charge is 2.11. The standard InChI is InChI=1S/C21H18ClN3O2/c1-3-14-4-6-15(7-5-14)18-13-24-10-11-25(21(26)20(24)23-18)16-8-9-19(27-2)17(22)12-16/h4-13H,3H2,1-2H3. The van der Waals surface area contributed by atoms with Crippen molar-refractivity contribution in [1.29, 1.82) is 0 Å². The van der Waals surface area contributed by atoms with Crippen LogP contribution >= 0.6 is 11.6 Å². The molecule has 0 saturated heterocycles. The van der Waals surface area contributed by atoms with Crippen molar-refractivity contribution in [2.75, 3.05) is 7.11 Å². The van der Waals surface area contributed by atoms with Crippen LogP contribution in [0.2, 0.25) is 5.02 Å². The summed E-state index contributed by atoms with van der Waals surface area (Å²) in [5, 5.41) is 0.446. The van der Waals surface area contributed by atoms with Gasteiger partial charge in [0.2, 0.25) is 5.65 Å². The van der Waals surface area contributed by atoms with Crippen LogP contribution in [0.5, 0.6) is 5.75 Å². The molecule has 0 unspecified atom stereocenters. The second-order valence-electron chi connectivity index (χ2n) is 6.20. The quantitative estimate of drug-likeness (QED) is 0.528.